The van der Waals surface area contributed by atoms with Crippen molar-refractivity contribution in [3.8, 4) is 0 Å². The molecule has 1 atom stereocenters. The van der Waals surface area contributed by atoms with E-state index in [9.17, 15) is 4.79 Å². The zero-order valence-corrected chi connectivity index (χ0v) is 13.5. The molecule has 0 fully saturated rings. The van der Waals surface area contributed by atoms with Crippen molar-refractivity contribution in [1.82, 2.24) is 15.3 Å². The third-order valence-electron chi connectivity index (χ3n) is 2.43. The molecule has 1 aromatic heterocycles. The van der Waals surface area contributed by atoms with Crippen LogP contribution in [0.5, 0.6) is 0 Å². The molecule has 0 aromatic carbocycles. The van der Waals surface area contributed by atoms with Gasteiger partial charge in [-0.2, -0.15) is 0 Å². The number of carbonyl (C=O) groups is 1. The van der Waals surface area contributed by atoms with E-state index in [4.69, 9.17) is 0 Å². The highest BCUT2D eigenvalue weighted by atomic mass is 32.2. The van der Waals surface area contributed by atoms with Crippen LogP contribution in [0, 0.1) is 0 Å². The third kappa shape index (κ3) is 5.24. The Balaban J connectivity index is 2.80. The first-order valence-electron chi connectivity index (χ1n) is 6.70. The quantitative estimate of drug-likeness (QED) is 0.527. The zero-order chi connectivity index (χ0) is 15.1. The lowest BCUT2D eigenvalue weighted by Crippen LogP contribution is -2.41. The fourth-order valence-corrected chi connectivity index (χ4v) is 1.94. The van der Waals surface area contributed by atoms with Crippen molar-refractivity contribution in [1.29, 1.82) is 0 Å². The van der Waals surface area contributed by atoms with E-state index < -0.39 is 0 Å². The van der Waals surface area contributed by atoms with Gasteiger partial charge in [0.25, 0.3) is 0 Å². The normalized spacial score (nSPS) is 12.1. The van der Waals surface area contributed by atoms with Gasteiger partial charge >= 0.3 is 0 Å². The van der Waals surface area contributed by atoms with E-state index in [0.717, 1.165) is 12.4 Å². The monoisotopic (exact) mass is 297 g/mol. The summed E-state index contributed by atoms with van der Waals surface area (Å²) in [5.41, 5.74) is 0. The summed E-state index contributed by atoms with van der Waals surface area (Å²) >= 11 is 1.47. The van der Waals surface area contributed by atoms with E-state index in [0.29, 0.717) is 11.0 Å². The van der Waals surface area contributed by atoms with Crippen molar-refractivity contribution in [3.05, 3.63) is 6.07 Å². The molecule has 1 unspecified atom stereocenters. The number of nitrogens with one attached hydrogen (secondary N) is 3. The summed E-state index contributed by atoms with van der Waals surface area (Å²) in [4.78, 5) is 20.6. The molecule has 112 valence electrons. The van der Waals surface area contributed by atoms with Crippen molar-refractivity contribution in [2.45, 2.75) is 44.9 Å². The van der Waals surface area contributed by atoms with Crippen molar-refractivity contribution in [2.75, 3.05) is 23.4 Å². The molecular weight excluding hydrogens is 274 g/mol. The fourth-order valence-electron chi connectivity index (χ4n) is 1.56. The molecule has 0 spiro atoms. The van der Waals surface area contributed by atoms with Gasteiger partial charge in [-0.1, -0.05) is 11.8 Å². The Labute approximate surface area is 124 Å². The van der Waals surface area contributed by atoms with Crippen molar-refractivity contribution >= 4 is 29.3 Å². The predicted octanol–water partition coefficient (Wildman–Crippen LogP) is 1.96. The first-order chi connectivity index (χ1) is 9.46. The number of carbonyl (C=O) groups excluding carboxylic acids is 1. The highest BCUT2D eigenvalue weighted by Gasteiger charge is 2.14. The molecule has 1 amide bonds. The minimum absolute atomic E-state index is 0.0469. The summed E-state index contributed by atoms with van der Waals surface area (Å²) in [6.07, 6.45) is 1.92. The van der Waals surface area contributed by atoms with Crippen LogP contribution in [-0.2, 0) is 4.79 Å². The van der Waals surface area contributed by atoms with Gasteiger partial charge in [-0.3, -0.25) is 4.79 Å². The van der Waals surface area contributed by atoms with E-state index >= 15 is 0 Å². The minimum Gasteiger partial charge on any atom is -0.370 e. The van der Waals surface area contributed by atoms with E-state index in [1.165, 1.54) is 11.8 Å². The van der Waals surface area contributed by atoms with Crippen LogP contribution in [0.2, 0.25) is 0 Å². The zero-order valence-electron chi connectivity index (χ0n) is 12.7. The number of hydrogen-bond acceptors (Lipinski definition) is 6. The number of amides is 1. The molecule has 1 rings (SSSR count). The number of anilines is 2. The number of thioether (sulfide) groups is 1. The second-order valence-corrected chi connectivity index (χ2v) is 5.46. The molecule has 1 heterocycles. The molecule has 0 aliphatic rings. The van der Waals surface area contributed by atoms with Gasteiger partial charge < -0.3 is 16.0 Å². The lowest BCUT2D eigenvalue weighted by atomic mass is 10.3. The maximum Gasteiger partial charge on any atom is 0.242 e. The fraction of sp³-hybridized carbons (Fsp3) is 0.615. The molecule has 0 saturated carbocycles. The summed E-state index contributed by atoms with van der Waals surface area (Å²) in [5, 5.41) is 9.79. The SMILES string of the molecule is CCNc1cc(NC(C)C(=O)NC(C)C)nc(SC)n1. The Morgan fingerprint density at radius 2 is 1.95 bits per heavy atom. The predicted molar refractivity (Wildman–Crippen MR) is 84.3 cm³/mol. The molecular formula is C13H23N5OS. The Hall–Kier alpha value is -1.50. The van der Waals surface area contributed by atoms with E-state index in [1.54, 1.807) is 0 Å². The lowest BCUT2D eigenvalue weighted by Gasteiger charge is -2.17. The van der Waals surface area contributed by atoms with Gasteiger partial charge in [-0.15, -0.1) is 0 Å². The smallest absolute Gasteiger partial charge is 0.242 e. The minimum atomic E-state index is -0.350. The van der Waals surface area contributed by atoms with Crippen LogP contribution >= 0.6 is 11.8 Å². The lowest BCUT2D eigenvalue weighted by molar-refractivity contribution is -0.122. The molecule has 0 radical (unpaired) electrons. The molecule has 0 aliphatic carbocycles. The van der Waals surface area contributed by atoms with Crippen molar-refractivity contribution < 1.29 is 4.79 Å². The Kier molecular flexibility index (Phi) is 6.57. The summed E-state index contributed by atoms with van der Waals surface area (Å²) < 4.78 is 0. The second kappa shape index (κ2) is 7.94. The van der Waals surface area contributed by atoms with Gasteiger partial charge in [-0.25, -0.2) is 9.97 Å². The standard InChI is InChI=1S/C13H23N5OS/c1-6-14-10-7-11(18-13(17-10)20-5)16-9(4)12(19)15-8(2)3/h7-9H,6H2,1-5H3,(H,15,19)(H2,14,16,17,18). The summed E-state index contributed by atoms with van der Waals surface area (Å²) in [7, 11) is 0. The van der Waals surface area contributed by atoms with Gasteiger partial charge in [0.1, 0.15) is 17.7 Å². The van der Waals surface area contributed by atoms with Gasteiger partial charge in [0.05, 0.1) is 0 Å². The largest absolute Gasteiger partial charge is 0.370 e. The molecule has 0 saturated heterocycles. The number of aromatic nitrogens is 2. The Morgan fingerprint density at radius 3 is 2.50 bits per heavy atom. The summed E-state index contributed by atoms with van der Waals surface area (Å²) in [6.45, 7) is 8.47. The Morgan fingerprint density at radius 1 is 1.30 bits per heavy atom. The third-order valence-corrected chi connectivity index (χ3v) is 2.98. The molecule has 1 aromatic rings. The van der Waals surface area contributed by atoms with Gasteiger partial charge in [0, 0.05) is 18.7 Å². The van der Waals surface area contributed by atoms with E-state index in [-0.39, 0.29) is 18.0 Å². The van der Waals surface area contributed by atoms with Crippen LogP contribution < -0.4 is 16.0 Å². The topological polar surface area (TPSA) is 78.9 Å². The molecule has 0 bridgehead atoms. The average molecular weight is 297 g/mol. The van der Waals surface area contributed by atoms with E-state index in [1.807, 2.05) is 40.0 Å². The molecule has 3 N–H and O–H groups in total. The van der Waals surface area contributed by atoms with Crippen LogP contribution in [0.15, 0.2) is 11.2 Å². The van der Waals surface area contributed by atoms with Crippen LogP contribution in [-0.4, -0.2) is 40.8 Å². The first-order valence-corrected chi connectivity index (χ1v) is 7.92. The van der Waals surface area contributed by atoms with Crippen molar-refractivity contribution in [2.24, 2.45) is 0 Å². The maximum atomic E-state index is 11.9. The van der Waals surface area contributed by atoms with Crippen LogP contribution in [0.1, 0.15) is 27.7 Å². The van der Waals surface area contributed by atoms with E-state index in [2.05, 4.69) is 25.9 Å². The maximum absolute atomic E-state index is 11.9. The van der Waals surface area contributed by atoms with Crippen LogP contribution in [0.3, 0.4) is 0 Å². The summed E-state index contributed by atoms with van der Waals surface area (Å²) in [5.74, 6) is 1.35. The Bertz CT molecular complexity index is 452. The van der Waals surface area contributed by atoms with Crippen LogP contribution in [0.25, 0.3) is 0 Å². The molecule has 7 heteroatoms. The van der Waals surface area contributed by atoms with Gasteiger partial charge in [0.2, 0.25) is 5.91 Å². The van der Waals surface area contributed by atoms with Crippen LogP contribution in [0.4, 0.5) is 11.6 Å². The molecule has 6 nitrogen and oxygen atoms in total. The van der Waals surface area contributed by atoms with Gasteiger partial charge in [0.15, 0.2) is 5.16 Å². The first kappa shape index (κ1) is 16.6. The highest BCUT2D eigenvalue weighted by molar-refractivity contribution is 7.98. The molecule has 20 heavy (non-hydrogen) atoms. The highest BCUT2D eigenvalue weighted by Crippen LogP contribution is 2.17. The van der Waals surface area contributed by atoms with Gasteiger partial charge in [-0.05, 0) is 34.0 Å². The summed E-state index contributed by atoms with van der Waals surface area (Å²) in [6, 6.07) is 1.58. The number of nitrogens with zero attached hydrogens (tertiary/aromatic N) is 2. The molecule has 0 aliphatic heterocycles. The number of hydrogen-bond donors (Lipinski definition) is 3. The second-order valence-electron chi connectivity index (χ2n) is 4.68. The van der Waals surface area contributed by atoms with Crippen molar-refractivity contribution in [3.63, 3.8) is 0 Å². The average Bonchev–Trinajstić information content (AvgIpc) is 2.37. The number of rotatable bonds is 7.